The Labute approximate surface area is 71.1 Å². The van der Waals surface area contributed by atoms with Crippen molar-refractivity contribution in [3.63, 3.8) is 0 Å². The van der Waals surface area contributed by atoms with E-state index in [1.165, 1.54) is 0 Å². The van der Waals surface area contributed by atoms with Crippen LogP contribution in [0.2, 0.25) is 0 Å². The lowest BCUT2D eigenvalue weighted by molar-refractivity contribution is 0.0197. The van der Waals surface area contributed by atoms with Crippen molar-refractivity contribution in [2.24, 2.45) is 0 Å². The van der Waals surface area contributed by atoms with Crippen molar-refractivity contribution >= 4 is 23.2 Å². The number of hydrogen-bond acceptors (Lipinski definition) is 2. The Balaban J connectivity index is 3.21. The molecule has 0 heterocycles. The van der Waals surface area contributed by atoms with E-state index in [4.69, 9.17) is 33.0 Å². The highest BCUT2D eigenvalue weighted by Crippen LogP contribution is 1.99. The maximum atomic E-state index is 8.66. The van der Waals surface area contributed by atoms with Crippen molar-refractivity contribution in [3.8, 4) is 0 Å². The molecular formula is C6H12Cl2O2. The van der Waals surface area contributed by atoms with Crippen molar-refractivity contribution in [3.05, 3.63) is 0 Å². The molecule has 0 unspecified atom stereocenters. The number of alkyl halides is 2. The second kappa shape index (κ2) is 7.61. The van der Waals surface area contributed by atoms with E-state index >= 15 is 0 Å². The molecule has 62 valence electrons. The lowest BCUT2D eigenvalue weighted by atomic mass is 10.3. The molecule has 10 heavy (non-hydrogen) atoms. The summed E-state index contributed by atoms with van der Waals surface area (Å²) in [6, 6.07) is 0. The van der Waals surface area contributed by atoms with Crippen molar-refractivity contribution in [1.82, 2.24) is 0 Å². The molecular weight excluding hydrogens is 175 g/mol. The minimum absolute atomic E-state index is 0.0175. The number of ether oxygens (including phenoxy) is 1. The van der Waals surface area contributed by atoms with Crippen LogP contribution >= 0.6 is 23.2 Å². The molecule has 0 bridgehead atoms. The quantitative estimate of drug-likeness (QED) is 0.633. The number of rotatable bonds is 6. The van der Waals surface area contributed by atoms with E-state index in [1.807, 2.05) is 0 Å². The molecule has 0 saturated heterocycles. The summed E-state index contributed by atoms with van der Waals surface area (Å²) >= 11 is 10.8. The zero-order chi connectivity index (χ0) is 7.82. The maximum absolute atomic E-state index is 8.66. The molecule has 0 aliphatic carbocycles. The van der Waals surface area contributed by atoms with Gasteiger partial charge in [-0.25, -0.2) is 0 Å². The van der Waals surface area contributed by atoms with Crippen LogP contribution in [-0.4, -0.2) is 36.2 Å². The fraction of sp³-hybridized carbons (Fsp3) is 1.00. The second-order valence-electron chi connectivity index (χ2n) is 1.84. The molecule has 0 amide bonds. The van der Waals surface area contributed by atoms with Crippen molar-refractivity contribution in [2.45, 2.75) is 12.5 Å². The van der Waals surface area contributed by atoms with Crippen LogP contribution in [0.25, 0.3) is 0 Å². The van der Waals surface area contributed by atoms with Gasteiger partial charge in [0.15, 0.2) is 0 Å². The third kappa shape index (κ3) is 5.30. The first-order valence-corrected chi connectivity index (χ1v) is 4.26. The smallest absolute Gasteiger partial charge is 0.0817 e. The molecule has 0 radical (unpaired) electrons. The van der Waals surface area contributed by atoms with Crippen molar-refractivity contribution < 1.29 is 9.84 Å². The predicted octanol–water partition coefficient (Wildman–Crippen LogP) is 1.23. The van der Waals surface area contributed by atoms with Gasteiger partial charge in [-0.2, -0.15) is 0 Å². The highest BCUT2D eigenvalue weighted by atomic mass is 35.5. The lowest BCUT2D eigenvalue weighted by Gasteiger charge is -2.11. The van der Waals surface area contributed by atoms with Gasteiger partial charge in [-0.05, 0) is 6.42 Å². The Hall–Kier alpha value is 0.500. The summed E-state index contributed by atoms with van der Waals surface area (Å²) in [5, 5.41) is 8.66. The molecule has 1 N–H and O–H groups in total. The topological polar surface area (TPSA) is 29.5 Å². The minimum atomic E-state index is -0.142. The largest absolute Gasteiger partial charge is 0.394 e. The molecule has 1 atom stereocenters. The standard InChI is InChI=1S/C6H12Cl2O2/c7-2-1-6(5-9)10-4-3-8/h6,9H,1-5H2/t6-/m0/s1. The first-order chi connectivity index (χ1) is 4.85. The van der Waals surface area contributed by atoms with E-state index < -0.39 is 0 Å². The normalized spacial score (nSPS) is 13.5. The molecule has 2 nitrogen and oxygen atoms in total. The van der Waals surface area contributed by atoms with Crippen LogP contribution in [0.4, 0.5) is 0 Å². The summed E-state index contributed by atoms with van der Waals surface area (Å²) in [6.45, 7) is 0.493. The third-order valence-electron chi connectivity index (χ3n) is 1.07. The number of aliphatic hydroxyl groups excluding tert-OH is 1. The first-order valence-electron chi connectivity index (χ1n) is 3.19. The Morgan fingerprint density at radius 2 is 2.00 bits per heavy atom. The zero-order valence-corrected chi connectivity index (χ0v) is 7.24. The van der Waals surface area contributed by atoms with Gasteiger partial charge in [0.1, 0.15) is 0 Å². The molecule has 0 rings (SSSR count). The summed E-state index contributed by atoms with van der Waals surface area (Å²) in [5.41, 5.74) is 0. The van der Waals surface area contributed by atoms with Gasteiger partial charge in [-0.15, -0.1) is 23.2 Å². The Morgan fingerprint density at radius 3 is 2.40 bits per heavy atom. The predicted molar refractivity (Wildman–Crippen MR) is 42.9 cm³/mol. The zero-order valence-electron chi connectivity index (χ0n) is 5.72. The summed E-state index contributed by atoms with van der Waals surface area (Å²) in [7, 11) is 0. The van der Waals surface area contributed by atoms with Crippen LogP contribution in [0.15, 0.2) is 0 Å². The molecule has 0 saturated carbocycles. The summed E-state index contributed by atoms with van der Waals surface area (Å²) in [5.74, 6) is 0.965. The van der Waals surface area contributed by atoms with Crippen molar-refractivity contribution in [1.29, 1.82) is 0 Å². The van der Waals surface area contributed by atoms with E-state index in [-0.39, 0.29) is 12.7 Å². The van der Waals surface area contributed by atoms with E-state index in [0.717, 1.165) is 0 Å². The van der Waals surface area contributed by atoms with Gasteiger partial charge in [0.05, 0.1) is 19.3 Å². The van der Waals surface area contributed by atoms with Crippen molar-refractivity contribution in [2.75, 3.05) is 25.0 Å². The fourth-order valence-corrected chi connectivity index (χ4v) is 0.893. The van der Waals surface area contributed by atoms with Gasteiger partial charge in [0.25, 0.3) is 0 Å². The molecule has 4 heteroatoms. The maximum Gasteiger partial charge on any atom is 0.0817 e. The highest BCUT2D eigenvalue weighted by Gasteiger charge is 2.04. The molecule has 0 aliphatic heterocycles. The molecule has 0 aromatic rings. The van der Waals surface area contributed by atoms with Crippen LogP contribution in [0.1, 0.15) is 6.42 Å². The number of aliphatic hydroxyl groups is 1. The van der Waals surface area contributed by atoms with E-state index in [9.17, 15) is 0 Å². The second-order valence-corrected chi connectivity index (χ2v) is 2.60. The van der Waals surface area contributed by atoms with Gasteiger partial charge in [0.2, 0.25) is 0 Å². The van der Waals surface area contributed by atoms with Gasteiger partial charge >= 0.3 is 0 Å². The Morgan fingerprint density at radius 1 is 1.30 bits per heavy atom. The Kier molecular flexibility index (Phi) is 7.99. The van der Waals surface area contributed by atoms with Crippen LogP contribution in [-0.2, 0) is 4.74 Å². The van der Waals surface area contributed by atoms with E-state index in [2.05, 4.69) is 0 Å². The average Bonchev–Trinajstić information content (AvgIpc) is 1.98. The van der Waals surface area contributed by atoms with Crippen LogP contribution in [0.3, 0.4) is 0 Å². The van der Waals surface area contributed by atoms with Crippen LogP contribution < -0.4 is 0 Å². The van der Waals surface area contributed by atoms with Gasteiger partial charge in [-0.3, -0.25) is 0 Å². The van der Waals surface area contributed by atoms with Crippen LogP contribution in [0, 0.1) is 0 Å². The monoisotopic (exact) mass is 186 g/mol. The average molecular weight is 187 g/mol. The van der Waals surface area contributed by atoms with Gasteiger partial charge in [-0.1, -0.05) is 0 Å². The molecule has 0 spiro atoms. The fourth-order valence-electron chi connectivity index (χ4n) is 0.560. The highest BCUT2D eigenvalue weighted by molar-refractivity contribution is 6.18. The minimum Gasteiger partial charge on any atom is -0.394 e. The Bertz CT molecular complexity index is 70.8. The van der Waals surface area contributed by atoms with Gasteiger partial charge < -0.3 is 9.84 Å². The van der Waals surface area contributed by atoms with Gasteiger partial charge in [0, 0.05) is 11.8 Å². The summed E-state index contributed by atoms with van der Waals surface area (Å²) < 4.78 is 5.11. The summed E-state index contributed by atoms with van der Waals surface area (Å²) in [6.07, 6.45) is 0.533. The molecule has 0 aliphatic rings. The number of halogens is 2. The SMILES string of the molecule is OC[C@H](CCCl)OCCCl. The number of hydrogen-bond donors (Lipinski definition) is 1. The van der Waals surface area contributed by atoms with Crippen LogP contribution in [0.5, 0.6) is 0 Å². The first kappa shape index (κ1) is 10.5. The molecule has 0 fully saturated rings. The van der Waals surface area contributed by atoms with E-state index in [1.54, 1.807) is 0 Å². The third-order valence-corrected chi connectivity index (χ3v) is 1.44. The van der Waals surface area contributed by atoms with E-state index in [0.29, 0.717) is 24.8 Å². The summed E-state index contributed by atoms with van der Waals surface area (Å²) in [4.78, 5) is 0. The lowest BCUT2D eigenvalue weighted by Crippen LogP contribution is -2.19. The molecule has 0 aromatic heterocycles. The molecule has 0 aromatic carbocycles.